The van der Waals surface area contributed by atoms with Crippen LogP contribution in [0.5, 0.6) is 5.75 Å². The number of halogens is 2. The fourth-order valence-corrected chi connectivity index (χ4v) is 4.07. The molecule has 0 radical (unpaired) electrons. The van der Waals surface area contributed by atoms with Gasteiger partial charge in [-0.25, -0.2) is 18.4 Å². The van der Waals surface area contributed by atoms with Crippen LogP contribution < -0.4 is 4.74 Å². The minimum Gasteiger partial charge on any atom is -0.496 e. The van der Waals surface area contributed by atoms with E-state index in [9.17, 15) is 8.60 Å². The fraction of sp³-hybridized carbons (Fsp3) is 0.250. The lowest BCUT2D eigenvalue weighted by Crippen LogP contribution is -2.10. The zero-order chi connectivity index (χ0) is 21.2. The van der Waals surface area contributed by atoms with E-state index in [0.29, 0.717) is 22.8 Å². The van der Waals surface area contributed by atoms with E-state index in [1.807, 2.05) is 24.3 Å². The van der Waals surface area contributed by atoms with Crippen molar-refractivity contribution in [1.29, 1.82) is 4.78 Å². The molecular weight excluding hydrogens is 417 g/mol. The minimum absolute atomic E-state index is 0.0447. The molecule has 3 rings (SSSR count). The molecule has 2 unspecified atom stereocenters. The molecule has 6 nitrogen and oxygen atoms in total. The molecule has 3 aromatic rings. The van der Waals surface area contributed by atoms with Gasteiger partial charge in [-0.2, -0.15) is 0 Å². The van der Waals surface area contributed by atoms with Crippen LogP contribution in [-0.2, 0) is 21.1 Å². The van der Waals surface area contributed by atoms with E-state index in [4.69, 9.17) is 25.9 Å². The van der Waals surface area contributed by atoms with Crippen molar-refractivity contribution in [2.45, 2.75) is 24.7 Å². The van der Waals surface area contributed by atoms with Crippen LogP contribution >= 0.6 is 11.6 Å². The van der Waals surface area contributed by atoms with Crippen LogP contribution in [0.4, 0.5) is 4.39 Å². The van der Waals surface area contributed by atoms with Gasteiger partial charge < -0.3 is 14.5 Å². The number of nitrogens with zero attached hydrogens (tertiary/aromatic N) is 1. The topological polar surface area (TPSA) is 88.1 Å². The number of para-hydroxylation sites is 1. The number of nitrogens with one attached hydrogen (secondary N) is 2. The molecule has 0 bridgehead atoms. The van der Waals surface area contributed by atoms with Crippen molar-refractivity contribution in [3.63, 3.8) is 0 Å². The normalized spacial score (nSPS) is 14.4. The summed E-state index contributed by atoms with van der Waals surface area (Å²) < 4.78 is 45.2. The van der Waals surface area contributed by atoms with Crippen molar-refractivity contribution >= 4 is 21.3 Å². The third-order valence-corrected chi connectivity index (χ3v) is 5.75. The minimum atomic E-state index is -3.03. The van der Waals surface area contributed by atoms with E-state index >= 15 is 0 Å². The Morgan fingerprint density at radius 2 is 2.03 bits per heavy atom. The Morgan fingerprint density at radius 3 is 2.66 bits per heavy atom. The largest absolute Gasteiger partial charge is 0.496 e. The number of rotatable bonds is 7. The number of aromatic amines is 1. The van der Waals surface area contributed by atoms with Crippen LogP contribution in [0.15, 0.2) is 47.5 Å². The van der Waals surface area contributed by atoms with Crippen molar-refractivity contribution in [1.82, 2.24) is 9.97 Å². The van der Waals surface area contributed by atoms with Crippen molar-refractivity contribution < 1.29 is 18.1 Å². The molecule has 1 heterocycles. The molecule has 0 fully saturated rings. The molecule has 9 heteroatoms. The molecule has 154 valence electrons. The summed E-state index contributed by atoms with van der Waals surface area (Å²) in [5.41, 5.74) is 1.90. The second-order valence-electron chi connectivity index (χ2n) is 6.57. The van der Waals surface area contributed by atoms with Crippen LogP contribution in [0.2, 0.25) is 5.02 Å². The highest BCUT2D eigenvalue weighted by Crippen LogP contribution is 2.31. The Morgan fingerprint density at radius 1 is 1.31 bits per heavy atom. The van der Waals surface area contributed by atoms with E-state index < -0.39 is 21.7 Å². The first-order chi connectivity index (χ1) is 13.7. The molecule has 0 aliphatic carbocycles. The van der Waals surface area contributed by atoms with Gasteiger partial charge in [-0.05, 0) is 30.7 Å². The molecule has 2 N–H and O–H groups in total. The van der Waals surface area contributed by atoms with Gasteiger partial charge in [0.2, 0.25) is 0 Å². The van der Waals surface area contributed by atoms with Gasteiger partial charge in [0.25, 0.3) is 0 Å². The van der Waals surface area contributed by atoms with E-state index in [0.717, 1.165) is 5.56 Å². The number of hydrogen-bond donors (Lipinski definition) is 2. The third kappa shape index (κ3) is 4.77. The van der Waals surface area contributed by atoms with E-state index in [-0.39, 0.29) is 16.7 Å². The van der Waals surface area contributed by atoms with Crippen LogP contribution in [0.25, 0.3) is 0 Å². The molecule has 2 aromatic carbocycles. The highest BCUT2D eigenvalue weighted by molar-refractivity contribution is 7.91. The van der Waals surface area contributed by atoms with Crippen molar-refractivity contribution in [3.05, 3.63) is 75.9 Å². The first-order valence-corrected chi connectivity index (χ1v) is 11.0. The fourth-order valence-electron chi connectivity index (χ4n) is 2.97. The molecule has 1 aromatic heterocycles. The number of ether oxygens (including phenoxy) is 2. The van der Waals surface area contributed by atoms with Crippen molar-refractivity contribution in [3.8, 4) is 5.75 Å². The summed E-state index contributed by atoms with van der Waals surface area (Å²) in [6.07, 6.45) is 0.562. The monoisotopic (exact) mass is 437 g/mol. The average molecular weight is 438 g/mol. The van der Waals surface area contributed by atoms with Gasteiger partial charge in [0, 0.05) is 17.5 Å². The maximum absolute atomic E-state index is 13.7. The van der Waals surface area contributed by atoms with Crippen molar-refractivity contribution in [2.75, 3.05) is 13.4 Å². The van der Waals surface area contributed by atoms with Gasteiger partial charge in [0.05, 0.1) is 28.5 Å². The molecule has 2 atom stereocenters. The van der Waals surface area contributed by atoms with E-state index in [2.05, 4.69) is 9.97 Å². The summed E-state index contributed by atoms with van der Waals surface area (Å²) in [5, 5.41) is 0.114. The Bertz CT molecular complexity index is 1130. The number of H-pyrrole nitrogens is 1. The van der Waals surface area contributed by atoms with Gasteiger partial charge in [-0.15, -0.1) is 0 Å². The molecule has 0 saturated carbocycles. The molecule has 29 heavy (non-hydrogen) atoms. The first kappa shape index (κ1) is 21.3. The second kappa shape index (κ2) is 8.52. The lowest BCUT2D eigenvalue weighted by atomic mass is 10.1. The maximum Gasteiger partial charge on any atom is 0.156 e. The summed E-state index contributed by atoms with van der Waals surface area (Å²) in [5.74, 6) is 0.484. The Balaban J connectivity index is 2.01. The SMILES string of the molecule is COc1ccccc1COC(c1ccc(F)c(Cl)c1)c1nc(S(C)(=N)=O)c(C)[nH]1. The van der Waals surface area contributed by atoms with Crippen LogP contribution in [0.3, 0.4) is 0 Å². The predicted octanol–water partition coefficient (Wildman–Crippen LogP) is 4.86. The quantitative estimate of drug-likeness (QED) is 0.552. The summed E-state index contributed by atoms with van der Waals surface area (Å²) in [6.45, 7) is 1.87. The Hall–Kier alpha value is -2.42. The zero-order valence-electron chi connectivity index (χ0n) is 16.2. The van der Waals surface area contributed by atoms with Crippen LogP contribution in [0, 0.1) is 17.5 Å². The summed E-state index contributed by atoms with van der Waals surface area (Å²) in [7, 11) is -1.45. The van der Waals surface area contributed by atoms with E-state index in [1.165, 1.54) is 18.4 Å². The molecule has 0 spiro atoms. The Labute approximate surface area is 174 Å². The van der Waals surface area contributed by atoms with Crippen molar-refractivity contribution in [2.24, 2.45) is 0 Å². The molecule has 0 aliphatic heterocycles. The maximum atomic E-state index is 13.7. The first-order valence-electron chi connectivity index (χ1n) is 8.69. The van der Waals surface area contributed by atoms with Gasteiger partial charge in [-0.3, -0.25) is 0 Å². The van der Waals surface area contributed by atoms with Gasteiger partial charge >= 0.3 is 0 Å². The van der Waals surface area contributed by atoms with Crippen LogP contribution in [0.1, 0.15) is 28.7 Å². The average Bonchev–Trinajstić information content (AvgIpc) is 3.07. The van der Waals surface area contributed by atoms with Gasteiger partial charge in [0.15, 0.2) is 5.03 Å². The molecule has 0 amide bonds. The number of methoxy groups -OCH3 is 1. The number of aromatic nitrogens is 2. The Kier molecular flexibility index (Phi) is 6.26. The second-order valence-corrected chi connectivity index (χ2v) is 9.05. The highest BCUT2D eigenvalue weighted by Gasteiger charge is 2.24. The lowest BCUT2D eigenvalue weighted by molar-refractivity contribution is 0.0601. The zero-order valence-corrected chi connectivity index (χ0v) is 17.7. The summed E-state index contributed by atoms with van der Waals surface area (Å²) >= 11 is 5.96. The predicted molar refractivity (Wildman–Crippen MR) is 109 cm³/mol. The summed E-state index contributed by atoms with van der Waals surface area (Å²) in [6, 6.07) is 11.7. The summed E-state index contributed by atoms with van der Waals surface area (Å²) in [4.78, 5) is 7.40. The number of imidazole rings is 1. The lowest BCUT2D eigenvalue weighted by Gasteiger charge is -2.18. The smallest absolute Gasteiger partial charge is 0.156 e. The highest BCUT2D eigenvalue weighted by atomic mass is 35.5. The third-order valence-electron chi connectivity index (χ3n) is 4.32. The number of hydrogen-bond acceptors (Lipinski definition) is 5. The van der Waals surface area contributed by atoms with Gasteiger partial charge in [-0.1, -0.05) is 35.9 Å². The molecule has 0 aliphatic rings. The molecule has 0 saturated heterocycles. The molecular formula is C20H21ClFN3O3S. The number of aryl methyl sites for hydroxylation is 1. The standard InChI is InChI=1S/C20H21ClFN3O3S/c1-12-20(29(3,23)26)25-19(24-12)18(13-8-9-16(22)15(21)10-13)28-11-14-6-4-5-7-17(14)27-2/h4-10,18,23H,11H2,1-3H3,(H,24,25). The van der Waals surface area contributed by atoms with Crippen LogP contribution in [-0.4, -0.2) is 27.5 Å². The van der Waals surface area contributed by atoms with Gasteiger partial charge in [0.1, 0.15) is 23.5 Å². The number of benzene rings is 2. The van der Waals surface area contributed by atoms with E-state index in [1.54, 1.807) is 20.1 Å².